The van der Waals surface area contributed by atoms with Crippen LogP contribution in [0.3, 0.4) is 0 Å². The minimum atomic E-state index is 0.317. The van der Waals surface area contributed by atoms with Crippen molar-refractivity contribution in [2.45, 2.75) is 25.8 Å². The van der Waals surface area contributed by atoms with Gasteiger partial charge in [-0.3, -0.25) is 9.88 Å². The molecule has 2 aromatic rings. The van der Waals surface area contributed by atoms with Gasteiger partial charge in [0.2, 0.25) is 0 Å². The lowest BCUT2D eigenvalue weighted by atomic mass is 9.69. The molecule has 5 atom stereocenters. The van der Waals surface area contributed by atoms with Gasteiger partial charge >= 0.3 is 0 Å². The number of piperidine rings is 3. The molecular formula is C20H24N2O. The van der Waals surface area contributed by atoms with Crippen LogP contribution >= 0.6 is 0 Å². The lowest BCUT2D eigenvalue weighted by molar-refractivity contribution is -0.0199. The van der Waals surface area contributed by atoms with Gasteiger partial charge in [-0.25, -0.2) is 0 Å². The molecule has 3 heteroatoms. The molecule has 5 unspecified atom stereocenters. The Labute approximate surface area is 137 Å². The molecule has 0 saturated carbocycles. The van der Waals surface area contributed by atoms with Gasteiger partial charge in [-0.2, -0.15) is 0 Å². The van der Waals surface area contributed by atoms with Gasteiger partial charge in [-0.1, -0.05) is 13.0 Å². The first kappa shape index (κ1) is 14.7. The molecular weight excluding hydrogens is 284 g/mol. The van der Waals surface area contributed by atoms with Gasteiger partial charge < -0.3 is 5.11 Å². The van der Waals surface area contributed by atoms with Gasteiger partial charge in [0, 0.05) is 30.7 Å². The normalized spacial score (nSPS) is 33.0. The van der Waals surface area contributed by atoms with E-state index in [0.717, 1.165) is 35.7 Å². The smallest absolute Gasteiger partial charge is 0.116 e. The number of fused-ring (bicyclic) bond motifs is 4. The van der Waals surface area contributed by atoms with E-state index in [-0.39, 0.29) is 0 Å². The molecule has 3 aliphatic rings. The summed E-state index contributed by atoms with van der Waals surface area (Å²) < 4.78 is 0. The van der Waals surface area contributed by atoms with Crippen LogP contribution in [0.2, 0.25) is 0 Å². The maximum absolute atomic E-state index is 9.82. The Balaban J connectivity index is 1.62. The topological polar surface area (TPSA) is 36.4 Å². The van der Waals surface area contributed by atoms with E-state index in [9.17, 15) is 5.11 Å². The zero-order valence-electron chi connectivity index (χ0n) is 13.7. The van der Waals surface area contributed by atoms with Crippen molar-refractivity contribution < 1.29 is 5.11 Å². The Kier molecular flexibility index (Phi) is 3.61. The average molecular weight is 308 g/mol. The highest BCUT2D eigenvalue weighted by Gasteiger charge is 2.42. The zero-order valence-corrected chi connectivity index (χ0v) is 13.7. The summed E-state index contributed by atoms with van der Waals surface area (Å²) in [6.07, 6.45) is 6.33. The van der Waals surface area contributed by atoms with Crippen molar-refractivity contribution in [2.24, 2.45) is 17.8 Å². The summed E-state index contributed by atoms with van der Waals surface area (Å²) >= 11 is 0. The van der Waals surface area contributed by atoms with Gasteiger partial charge in [-0.05, 0) is 60.4 Å². The van der Waals surface area contributed by atoms with Crippen molar-refractivity contribution in [1.29, 1.82) is 0 Å². The van der Waals surface area contributed by atoms with E-state index in [2.05, 4.69) is 35.5 Å². The Hall–Kier alpha value is -1.87. The molecule has 1 aromatic heterocycles. The van der Waals surface area contributed by atoms with Crippen molar-refractivity contribution in [2.75, 3.05) is 13.1 Å². The number of benzene rings is 1. The molecule has 0 aliphatic carbocycles. The first-order chi connectivity index (χ1) is 11.2. The van der Waals surface area contributed by atoms with Gasteiger partial charge in [0.1, 0.15) is 5.75 Å². The summed E-state index contributed by atoms with van der Waals surface area (Å²) in [5.74, 6) is 2.50. The number of aromatic nitrogens is 1. The fourth-order valence-corrected chi connectivity index (χ4v) is 4.66. The van der Waals surface area contributed by atoms with E-state index in [1.807, 2.05) is 18.3 Å². The number of hydrogen-bond donors (Lipinski definition) is 1. The standard InChI is InChI=1S/C20H24N2O/c1-3-14-12-22-11-13(2)18(14)9-16(22)8-15-6-7-21-20-5-4-17(23)10-19(15)20/h3-7,10,13-14,16,18,23H,1,8-9,11-12H2,2H3. The van der Waals surface area contributed by atoms with E-state index in [1.54, 1.807) is 6.07 Å². The van der Waals surface area contributed by atoms with Crippen LogP contribution in [0.25, 0.3) is 10.9 Å². The van der Waals surface area contributed by atoms with Gasteiger partial charge in [0.15, 0.2) is 0 Å². The molecule has 3 fully saturated rings. The van der Waals surface area contributed by atoms with Crippen LogP contribution in [-0.2, 0) is 6.42 Å². The summed E-state index contributed by atoms with van der Waals surface area (Å²) in [5, 5.41) is 10.9. The molecule has 3 nitrogen and oxygen atoms in total. The molecule has 23 heavy (non-hydrogen) atoms. The fourth-order valence-electron chi connectivity index (χ4n) is 4.66. The molecule has 120 valence electrons. The summed E-state index contributed by atoms with van der Waals surface area (Å²) in [6, 6.07) is 8.17. The third-order valence-corrected chi connectivity index (χ3v) is 5.88. The van der Waals surface area contributed by atoms with Crippen molar-refractivity contribution in [3.8, 4) is 5.75 Å². The molecule has 0 amide bonds. The summed E-state index contributed by atoms with van der Waals surface area (Å²) in [6.45, 7) is 8.77. The van der Waals surface area contributed by atoms with Crippen molar-refractivity contribution in [3.63, 3.8) is 0 Å². The second-order valence-corrected chi connectivity index (χ2v) is 7.26. The van der Waals surface area contributed by atoms with Crippen LogP contribution in [-0.4, -0.2) is 34.1 Å². The summed E-state index contributed by atoms with van der Waals surface area (Å²) in [7, 11) is 0. The SMILES string of the molecule is C=CC1CN2CC(C)C1CC2Cc1ccnc2ccc(O)cc12. The summed E-state index contributed by atoms with van der Waals surface area (Å²) in [5.41, 5.74) is 2.26. The van der Waals surface area contributed by atoms with Crippen molar-refractivity contribution >= 4 is 10.9 Å². The van der Waals surface area contributed by atoms with Crippen LogP contribution in [0.5, 0.6) is 5.75 Å². The molecule has 3 saturated heterocycles. The van der Waals surface area contributed by atoms with E-state index in [4.69, 9.17) is 0 Å². The first-order valence-corrected chi connectivity index (χ1v) is 8.59. The predicted octanol–water partition coefficient (Wildman–Crippen LogP) is 3.63. The monoisotopic (exact) mass is 308 g/mol. The number of nitrogens with zero attached hydrogens (tertiary/aromatic N) is 2. The molecule has 0 radical (unpaired) electrons. The highest BCUT2D eigenvalue weighted by atomic mass is 16.3. The maximum Gasteiger partial charge on any atom is 0.116 e. The third-order valence-electron chi connectivity index (χ3n) is 5.88. The van der Waals surface area contributed by atoms with E-state index in [1.165, 1.54) is 18.5 Å². The van der Waals surface area contributed by atoms with Crippen LogP contribution in [0.4, 0.5) is 0 Å². The second kappa shape index (κ2) is 5.64. The van der Waals surface area contributed by atoms with Crippen LogP contribution < -0.4 is 0 Å². The molecule has 4 heterocycles. The lowest BCUT2D eigenvalue weighted by Gasteiger charge is -2.52. The van der Waals surface area contributed by atoms with Crippen molar-refractivity contribution in [1.82, 2.24) is 9.88 Å². The van der Waals surface area contributed by atoms with E-state index in [0.29, 0.717) is 17.7 Å². The van der Waals surface area contributed by atoms with Gasteiger partial charge in [0.25, 0.3) is 0 Å². The van der Waals surface area contributed by atoms with Crippen LogP contribution in [0.1, 0.15) is 18.9 Å². The van der Waals surface area contributed by atoms with Gasteiger partial charge in [-0.15, -0.1) is 6.58 Å². The number of rotatable bonds is 3. The van der Waals surface area contributed by atoms with Crippen LogP contribution in [0.15, 0.2) is 43.1 Å². The minimum absolute atomic E-state index is 0.317. The van der Waals surface area contributed by atoms with Crippen molar-refractivity contribution in [3.05, 3.63) is 48.7 Å². The maximum atomic E-state index is 9.82. The van der Waals surface area contributed by atoms with Crippen LogP contribution in [0, 0.1) is 17.8 Å². The lowest BCUT2D eigenvalue weighted by Crippen LogP contribution is -2.57. The number of phenols is 1. The van der Waals surface area contributed by atoms with E-state index >= 15 is 0 Å². The molecule has 1 aromatic carbocycles. The molecule has 0 spiro atoms. The Bertz CT molecular complexity index is 741. The Morgan fingerprint density at radius 2 is 2.22 bits per heavy atom. The minimum Gasteiger partial charge on any atom is -0.508 e. The Morgan fingerprint density at radius 1 is 1.35 bits per heavy atom. The highest BCUT2D eigenvalue weighted by Crippen LogP contribution is 2.41. The van der Waals surface area contributed by atoms with E-state index < -0.39 is 0 Å². The molecule has 2 bridgehead atoms. The van der Waals surface area contributed by atoms with Gasteiger partial charge in [0.05, 0.1) is 5.52 Å². The largest absolute Gasteiger partial charge is 0.508 e. The quantitative estimate of drug-likeness (QED) is 0.880. The zero-order chi connectivity index (χ0) is 16.0. The molecule has 3 aliphatic heterocycles. The number of hydrogen-bond acceptors (Lipinski definition) is 3. The predicted molar refractivity (Wildman–Crippen MR) is 93.4 cm³/mol. The Morgan fingerprint density at radius 3 is 3.00 bits per heavy atom. The third kappa shape index (κ3) is 2.53. The molecule has 1 N–H and O–H groups in total. The average Bonchev–Trinajstić information content (AvgIpc) is 2.56. The highest BCUT2D eigenvalue weighted by molar-refractivity contribution is 5.83. The second-order valence-electron chi connectivity index (χ2n) is 7.26. The molecule has 5 rings (SSSR count). The number of aromatic hydroxyl groups is 1. The first-order valence-electron chi connectivity index (χ1n) is 8.59. The fraction of sp³-hybridized carbons (Fsp3) is 0.450. The summed E-state index contributed by atoms with van der Waals surface area (Å²) in [4.78, 5) is 7.07. The number of phenolic OH excluding ortho intramolecular Hbond substituents is 1. The number of pyridine rings is 1.